The monoisotopic (exact) mass is 215 g/mol. The molecule has 2 aliphatic heterocycles. The first kappa shape index (κ1) is 9.58. The lowest BCUT2D eigenvalue weighted by Gasteiger charge is -2.35. The first-order valence-corrected chi connectivity index (χ1v) is 5.71. The molecule has 2 aliphatic rings. The van der Waals surface area contributed by atoms with Crippen LogP contribution < -0.4 is 4.90 Å². The van der Waals surface area contributed by atoms with Gasteiger partial charge in [0.25, 0.3) is 0 Å². The minimum absolute atomic E-state index is 0.229. The van der Waals surface area contributed by atoms with Gasteiger partial charge in [0.2, 0.25) is 5.91 Å². The van der Waals surface area contributed by atoms with Crippen LogP contribution in [-0.2, 0) is 17.6 Å². The highest BCUT2D eigenvalue weighted by molar-refractivity contribution is 5.98. The molecule has 0 fully saturated rings. The second-order valence-corrected chi connectivity index (χ2v) is 4.45. The zero-order valence-electron chi connectivity index (χ0n) is 9.03. The van der Waals surface area contributed by atoms with Gasteiger partial charge in [0, 0.05) is 18.5 Å². The van der Waals surface area contributed by atoms with Crippen molar-refractivity contribution in [3.05, 3.63) is 28.8 Å². The Kier molecular flexibility index (Phi) is 2.06. The lowest BCUT2D eigenvalue weighted by molar-refractivity contribution is -0.119. The zero-order valence-corrected chi connectivity index (χ0v) is 9.03. The molecule has 0 N–H and O–H groups in total. The van der Waals surface area contributed by atoms with Crippen LogP contribution in [0.3, 0.4) is 0 Å². The maximum absolute atomic E-state index is 11.8. The maximum atomic E-state index is 11.8. The van der Waals surface area contributed by atoms with Gasteiger partial charge in [-0.05, 0) is 42.5 Å². The van der Waals surface area contributed by atoms with E-state index in [0.29, 0.717) is 6.42 Å². The van der Waals surface area contributed by atoms with E-state index in [9.17, 15) is 9.59 Å². The van der Waals surface area contributed by atoms with Gasteiger partial charge in [0.1, 0.15) is 6.29 Å². The van der Waals surface area contributed by atoms with E-state index in [2.05, 4.69) is 0 Å². The third kappa shape index (κ3) is 1.28. The van der Waals surface area contributed by atoms with Gasteiger partial charge in [0.15, 0.2) is 0 Å². The van der Waals surface area contributed by atoms with Crippen molar-refractivity contribution in [3.63, 3.8) is 0 Å². The van der Waals surface area contributed by atoms with Crippen LogP contribution in [0.15, 0.2) is 12.1 Å². The lowest BCUT2D eigenvalue weighted by atomic mass is 9.90. The fourth-order valence-corrected chi connectivity index (χ4v) is 2.75. The van der Waals surface area contributed by atoms with Crippen molar-refractivity contribution in [2.75, 3.05) is 11.4 Å². The molecule has 0 saturated carbocycles. The predicted molar refractivity (Wildman–Crippen MR) is 60.8 cm³/mol. The molecule has 3 heteroatoms. The molecule has 0 aliphatic carbocycles. The Hall–Kier alpha value is -1.64. The van der Waals surface area contributed by atoms with Crippen molar-refractivity contribution >= 4 is 17.9 Å². The van der Waals surface area contributed by atoms with Crippen molar-refractivity contribution in [1.29, 1.82) is 0 Å². The first-order valence-electron chi connectivity index (χ1n) is 5.71. The summed E-state index contributed by atoms with van der Waals surface area (Å²) in [6, 6.07) is 3.85. The summed E-state index contributed by atoms with van der Waals surface area (Å²) in [6.45, 7) is 0.833. The third-order valence-corrected chi connectivity index (χ3v) is 3.43. The Labute approximate surface area is 94.1 Å². The minimum Gasteiger partial charge on any atom is -0.312 e. The number of carbonyl (C=O) groups excluding carboxylic acids is 2. The van der Waals surface area contributed by atoms with Gasteiger partial charge in [-0.15, -0.1) is 0 Å². The standard InChI is InChI=1S/C13H13NO2/c15-8-9-6-10-2-1-5-14-12(16)4-3-11(7-9)13(10)14/h6-8H,1-5H2. The maximum Gasteiger partial charge on any atom is 0.227 e. The Morgan fingerprint density at radius 2 is 1.88 bits per heavy atom. The number of nitrogens with zero attached hydrogens (tertiary/aromatic N) is 1. The summed E-state index contributed by atoms with van der Waals surface area (Å²) >= 11 is 0. The molecule has 82 valence electrons. The van der Waals surface area contributed by atoms with Gasteiger partial charge in [-0.3, -0.25) is 9.59 Å². The summed E-state index contributed by atoms with van der Waals surface area (Å²) in [5.74, 6) is 0.229. The van der Waals surface area contributed by atoms with E-state index in [0.717, 1.165) is 43.3 Å². The smallest absolute Gasteiger partial charge is 0.227 e. The van der Waals surface area contributed by atoms with Crippen molar-refractivity contribution in [2.45, 2.75) is 25.7 Å². The number of carbonyl (C=O) groups is 2. The Bertz CT molecular complexity index is 462. The lowest BCUT2D eigenvalue weighted by Crippen LogP contribution is -2.39. The van der Waals surface area contributed by atoms with Crippen LogP contribution in [0.4, 0.5) is 5.69 Å². The summed E-state index contributed by atoms with van der Waals surface area (Å²) in [7, 11) is 0. The predicted octanol–water partition coefficient (Wildman–Crippen LogP) is 1.72. The highest BCUT2D eigenvalue weighted by Crippen LogP contribution is 2.36. The molecular weight excluding hydrogens is 202 g/mol. The Morgan fingerprint density at radius 1 is 1.12 bits per heavy atom. The van der Waals surface area contributed by atoms with Crippen LogP contribution in [0.25, 0.3) is 0 Å². The Morgan fingerprint density at radius 3 is 2.62 bits per heavy atom. The molecular formula is C13H13NO2. The van der Waals surface area contributed by atoms with Gasteiger partial charge < -0.3 is 4.90 Å². The van der Waals surface area contributed by atoms with Crippen LogP contribution in [-0.4, -0.2) is 18.7 Å². The molecule has 3 nitrogen and oxygen atoms in total. The van der Waals surface area contributed by atoms with E-state index >= 15 is 0 Å². The van der Waals surface area contributed by atoms with Gasteiger partial charge in [-0.1, -0.05) is 0 Å². The van der Waals surface area contributed by atoms with Crippen LogP contribution in [0.5, 0.6) is 0 Å². The van der Waals surface area contributed by atoms with Crippen molar-refractivity contribution in [1.82, 2.24) is 0 Å². The van der Waals surface area contributed by atoms with Gasteiger partial charge in [-0.25, -0.2) is 0 Å². The molecule has 0 bridgehead atoms. The molecule has 0 spiro atoms. The number of anilines is 1. The van der Waals surface area contributed by atoms with Crippen molar-refractivity contribution < 1.29 is 9.59 Å². The number of hydrogen-bond donors (Lipinski definition) is 0. The van der Waals surface area contributed by atoms with E-state index < -0.39 is 0 Å². The second-order valence-electron chi connectivity index (χ2n) is 4.45. The highest BCUT2D eigenvalue weighted by atomic mass is 16.2. The van der Waals surface area contributed by atoms with Gasteiger partial charge >= 0.3 is 0 Å². The molecule has 2 heterocycles. The molecule has 0 aromatic heterocycles. The second kappa shape index (κ2) is 3.44. The van der Waals surface area contributed by atoms with Gasteiger partial charge in [0.05, 0.1) is 5.69 Å². The summed E-state index contributed by atoms with van der Waals surface area (Å²) in [5, 5.41) is 0. The molecule has 3 rings (SSSR count). The fourth-order valence-electron chi connectivity index (χ4n) is 2.75. The van der Waals surface area contributed by atoms with Crippen LogP contribution in [0.1, 0.15) is 34.3 Å². The molecule has 16 heavy (non-hydrogen) atoms. The summed E-state index contributed by atoms with van der Waals surface area (Å²) in [5.41, 5.74) is 4.16. The van der Waals surface area contributed by atoms with Gasteiger partial charge in [-0.2, -0.15) is 0 Å². The molecule has 0 saturated heterocycles. The summed E-state index contributed by atoms with van der Waals surface area (Å²) in [4.78, 5) is 24.5. The number of hydrogen-bond acceptors (Lipinski definition) is 2. The number of aryl methyl sites for hydroxylation is 2. The molecule has 1 aromatic carbocycles. The number of benzene rings is 1. The molecule has 0 atom stereocenters. The van der Waals surface area contributed by atoms with E-state index in [1.807, 2.05) is 17.0 Å². The third-order valence-electron chi connectivity index (χ3n) is 3.43. The zero-order chi connectivity index (χ0) is 11.1. The largest absolute Gasteiger partial charge is 0.312 e. The fraction of sp³-hybridized carbons (Fsp3) is 0.385. The summed E-state index contributed by atoms with van der Waals surface area (Å²) < 4.78 is 0. The number of rotatable bonds is 1. The van der Waals surface area contributed by atoms with Crippen molar-refractivity contribution in [3.8, 4) is 0 Å². The van der Waals surface area contributed by atoms with E-state index in [4.69, 9.17) is 0 Å². The summed E-state index contributed by atoms with van der Waals surface area (Å²) in [6.07, 6.45) is 4.23. The number of aldehydes is 1. The average Bonchev–Trinajstić information content (AvgIpc) is 2.33. The molecule has 1 amide bonds. The quantitative estimate of drug-likeness (QED) is 0.669. The van der Waals surface area contributed by atoms with E-state index in [1.165, 1.54) is 11.1 Å². The van der Waals surface area contributed by atoms with Crippen LogP contribution >= 0.6 is 0 Å². The SMILES string of the molecule is O=Cc1cc2c3c(c1)CCC(=O)N3CCC2. The number of amides is 1. The van der Waals surface area contributed by atoms with E-state index in [1.54, 1.807) is 0 Å². The Balaban J connectivity index is 2.21. The topological polar surface area (TPSA) is 37.4 Å². The van der Waals surface area contributed by atoms with Crippen LogP contribution in [0, 0.1) is 0 Å². The highest BCUT2D eigenvalue weighted by Gasteiger charge is 2.29. The van der Waals surface area contributed by atoms with Crippen molar-refractivity contribution in [2.24, 2.45) is 0 Å². The van der Waals surface area contributed by atoms with Crippen LogP contribution in [0.2, 0.25) is 0 Å². The minimum atomic E-state index is 0.229. The van der Waals surface area contributed by atoms with E-state index in [-0.39, 0.29) is 5.91 Å². The molecule has 0 unspecified atom stereocenters. The average molecular weight is 215 g/mol. The molecule has 0 radical (unpaired) electrons. The molecule has 1 aromatic rings. The normalized spacial score (nSPS) is 18.2. The first-order chi connectivity index (χ1) is 7.79.